The van der Waals surface area contributed by atoms with Crippen molar-refractivity contribution in [2.75, 3.05) is 22.9 Å². The normalized spacial score (nSPS) is 14.7. The lowest BCUT2D eigenvalue weighted by molar-refractivity contribution is -0.143. The van der Waals surface area contributed by atoms with Crippen LogP contribution in [0.1, 0.15) is 61.3 Å². The van der Waals surface area contributed by atoms with E-state index < -0.39 is 41.7 Å². The highest BCUT2D eigenvalue weighted by atomic mass is 19.4. The second-order valence-electron chi connectivity index (χ2n) is 11.3. The first-order chi connectivity index (χ1) is 21.2. The van der Waals surface area contributed by atoms with Gasteiger partial charge >= 0.3 is 12.4 Å². The maximum atomic E-state index is 15.0. The van der Waals surface area contributed by atoms with Gasteiger partial charge in [-0.05, 0) is 60.7 Å². The summed E-state index contributed by atoms with van der Waals surface area (Å²) >= 11 is 0. The minimum atomic E-state index is -5.03. The van der Waals surface area contributed by atoms with Gasteiger partial charge in [-0.15, -0.1) is 5.10 Å². The zero-order valence-electron chi connectivity index (χ0n) is 24.6. The maximum absolute atomic E-state index is 15.0. The fraction of sp³-hybridized carbons (Fsp3) is 0.467. The molecule has 0 aliphatic heterocycles. The summed E-state index contributed by atoms with van der Waals surface area (Å²) in [7, 11) is 1.45. The third-order valence-corrected chi connectivity index (χ3v) is 7.95. The largest absolute Gasteiger partial charge is 0.416 e. The quantitative estimate of drug-likeness (QED) is 0.175. The van der Waals surface area contributed by atoms with Crippen LogP contribution in [0.15, 0.2) is 36.4 Å². The van der Waals surface area contributed by atoms with Gasteiger partial charge in [0.25, 0.3) is 5.95 Å². The minimum Gasteiger partial charge on any atom is -0.356 e. The smallest absolute Gasteiger partial charge is 0.356 e. The highest BCUT2D eigenvalue weighted by molar-refractivity contribution is 5.83. The first-order valence-corrected chi connectivity index (χ1v) is 14.5. The van der Waals surface area contributed by atoms with E-state index in [0.717, 1.165) is 49.0 Å². The summed E-state index contributed by atoms with van der Waals surface area (Å²) in [5.41, 5.74) is -2.74. The van der Waals surface area contributed by atoms with E-state index in [4.69, 9.17) is 0 Å². The van der Waals surface area contributed by atoms with E-state index in [0.29, 0.717) is 42.5 Å². The molecule has 0 amide bonds. The first-order valence-electron chi connectivity index (χ1n) is 14.5. The van der Waals surface area contributed by atoms with Crippen molar-refractivity contribution in [3.8, 4) is 0 Å². The second-order valence-corrected chi connectivity index (χ2v) is 11.3. The van der Waals surface area contributed by atoms with Crippen molar-refractivity contribution in [1.29, 1.82) is 0 Å². The molecule has 4 aromatic rings. The van der Waals surface area contributed by atoms with Crippen molar-refractivity contribution >= 4 is 22.7 Å². The van der Waals surface area contributed by atoms with Crippen LogP contribution in [0.3, 0.4) is 0 Å². The van der Waals surface area contributed by atoms with E-state index in [1.165, 1.54) is 18.0 Å². The number of aryl methyl sites for hydroxylation is 1. The predicted octanol–water partition coefficient (Wildman–Crippen LogP) is 7.69. The van der Waals surface area contributed by atoms with Crippen LogP contribution < -0.4 is 9.80 Å². The molecule has 0 saturated heterocycles. The van der Waals surface area contributed by atoms with Crippen LogP contribution in [0.25, 0.3) is 10.9 Å². The van der Waals surface area contributed by atoms with Gasteiger partial charge in [0.1, 0.15) is 17.5 Å². The van der Waals surface area contributed by atoms with E-state index >= 15 is 0 Å². The summed E-state index contributed by atoms with van der Waals surface area (Å²) in [6, 6.07) is 4.66. The molecule has 1 saturated carbocycles. The first kappa shape index (κ1) is 32.4. The lowest BCUT2D eigenvalue weighted by atomic mass is 9.89. The van der Waals surface area contributed by atoms with Crippen LogP contribution in [0.4, 0.5) is 46.9 Å². The van der Waals surface area contributed by atoms with Crippen LogP contribution in [0, 0.1) is 17.6 Å². The zero-order valence-corrected chi connectivity index (χ0v) is 24.6. The Morgan fingerprint density at radius 1 is 0.844 bits per heavy atom. The monoisotopic (exact) mass is 641 g/mol. The Kier molecular flexibility index (Phi) is 9.17. The van der Waals surface area contributed by atoms with Crippen LogP contribution >= 0.6 is 0 Å². The lowest BCUT2D eigenvalue weighted by Gasteiger charge is -2.32. The Morgan fingerprint density at radius 2 is 1.51 bits per heavy atom. The summed E-state index contributed by atoms with van der Waals surface area (Å²) in [6.07, 6.45) is -4.74. The number of tetrazole rings is 1. The van der Waals surface area contributed by atoms with Crippen molar-refractivity contribution in [2.24, 2.45) is 13.0 Å². The van der Waals surface area contributed by atoms with Crippen LogP contribution in [-0.4, -0.2) is 38.3 Å². The number of pyridine rings is 1. The predicted molar refractivity (Wildman–Crippen MR) is 151 cm³/mol. The number of hydrogen-bond donors (Lipinski definition) is 0. The van der Waals surface area contributed by atoms with Gasteiger partial charge in [0.15, 0.2) is 0 Å². The van der Waals surface area contributed by atoms with E-state index in [1.54, 1.807) is 0 Å². The van der Waals surface area contributed by atoms with Gasteiger partial charge in [-0.3, -0.25) is 0 Å². The van der Waals surface area contributed by atoms with Crippen molar-refractivity contribution in [3.63, 3.8) is 0 Å². The van der Waals surface area contributed by atoms with Crippen molar-refractivity contribution in [1.82, 2.24) is 25.2 Å². The highest BCUT2D eigenvalue weighted by Gasteiger charge is 2.37. The molecule has 0 N–H and O–H groups in total. The van der Waals surface area contributed by atoms with E-state index in [9.17, 15) is 35.1 Å². The molecule has 0 spiro atoms. The molecule has 7 nitrogen and oxygen atoms in total. The fourth-order valence-corrected chi connectivity index (χ4v) is 5.80. The number of anilines is 2. The zero-order chi connectivity index (χ0) is 32.5. The number of rotatable bonds is 9. The van der Waals surface area contributed by atoms with Crippen LogP contribution in [0.5, 0.6) is 0 Å². The molecular weight excluding hydrogens is 610 g/mol. The average molecular weight is 642 g/mol. The highest BCUT2D eigenvalue weighted by Crippen LogP contribution is 2.37. The maximum Gasteiger partial charge on any atom is 0.416 e. The molecule has 242 valence electrons. The molecule has 2 aromatic heterocycles. The minimum absolute atomic E-state index is 0.00866. The fourth-order valence-electron chi connectivity index (χ4n) is 5.80. The van der Waals surface area contributed by atoms with Crippen molar-refractivity contribution in [3.05, 3.63) is 70.3 Å². The van der Waals surface area contributed by atoms with Crippen LogP contribution in [0.2, 0.25) is 0 Å². The van der Waals surface area contributed by atoms with Gasteiger partial charge in [0.05, 0.1) is 23.7 Å². The summed E-state index contributed by atoms with van der Waals surface area (Å²) < 4.78 is 111. The summed E-state index contributed by atoms with van der Waals surface area (Å²) in [5, 5.41) is 11.9. The van der Waals surface area contributed by atoms with Gasteiger partial charge in [0, 0.05) is 49.3 Å². The van der Waals surface area contributed by atoms with Gasteiger partial charge in [-0.1, -0.05) is 24.4 Å². The number of halogens is 8. The number of aromatic nitrogens is 5. The Labute approximate surface area is 253 Å². The molecule has 5 rings (SSSR count). The summed E-state index contributed by atoms with van der Waals surface area (Å²) in [6.45, 7) is 2.36. The molecule has 0 atom stereocenters. The van der Waals surface area contributed by atoms with Crippen molar-refractivity contribution in [2.45, 2.75) is 64.5 Å². The molecule has 0 bridgehead atoms. The molecule has 45 heavy (non-hydrogen) atoms. The second kappa shape index (κ2) is 12.8. The van der Waals surface area contributed by atoms with Crippen molar-refractivity contribution < 1.29 is 35.1 Å². The number of fused-ring (bicyclic) bond motifs is 1. The third kappa shape index (κ3) is 7.61. The molecule has 1 aliphatic rings. The number of alkyl halides is 6. The lowest BCUT2D eigenvalue weighted by Crippen LogP contribution is -2.33. The molecule has 0 radical (unpaired) electrons. The molecule has 0 unspecified atom stereocenters. The third-order valence-electron chi connectivity index (χ3n) is 7.95. The van der Waals surface area contributed by atoms with Gasteiger partial charge in [-0.25, -0.2) is 13.8 Å². The standard InChI is InChI=1S/C30H31F8N7/c1-3-44(15-18-7-5-4-6-8-18)27-20(11-24-25(32)13-23(31)14-26(24)39-27)17-45(28-40-42-43(2)41-28)16-19-9-21(29(33,34)35)12-22(10-19)30(36,37)38/h9-14,18H,3-8,15-17H2,1-2H3. The van der Waals surface area contributed by atoms with Crippen LogP contribution in [-0.2, 0) is 32.5 Å². The molecule has 15 heteroatoms. The topological polar surface area (TPSA) is 63.0 Å². The Morgan fingerprint density at radius 3 is 2.09 bits per heavy atom. The Hall–Kier alpha value is -4.04. The molecule has 2 aromatic carbocycles. The SMILES string of the molecule is CCN(CC1CCCCC1)c1nc2cc(F)cc(F)c2cc1CN(Cc1cc(C(F)(F)F)cc(C(F)(F)F)c1)c1nnn(C)n1. The van der Waals surface area contributed by atoms with E-state index in [-0.39, 0.29) is 35.0 Å². The number of nitrogens with zero attached hydrogens (tertiary/aromatic N) is 7. The molecular formula is C30H31F8N7. The summed E-state index contributed by atoms with van der Waals surface area (Å²) in [5.74, 6) is -0.995. The molecule has 1 fully saturated rings. The molecule has 1 aliphatic carbocycles. The summed E-state index contributed by atoms with van der Waals surface area (Å²) in [4.78, 5) is 9.08. The number of hydrogen-bond acceptors (Lipinski definition) is 6. The molecule has 2 heterocycles. The average Bonchev–Trinajstić information content (AvgIpc) is 3.41. The Bertz CT molecular complexity index is 1610. The van der Waals surface area contributed by atoms with Gasteiger partial charge in [-0.2, -0.15) is 31.1 Å². The van der Waals surface area contributed by atoms with E-state index in [2.05, 4.69) is 20.4 Å². The Balaban J connectivity index is 1.61. The van der Waals surface area contributed by atoms with Gasteiger partial charge in [0.2, 0.25) is 0 Å². The van der Waals surface area contributed by atoms with E-state index in [1.807, 2.05) is 11.8 Å². The number of benzene rings is 2. The van der Waals surface area contributed by atoms with Gasteiger partial charge < -0.3 is 9.80 Å².